The molecular formula is C12H19IN2. The summed E-state index contributed by atoms with van der Waals surface area (Å²) in [4.78, 5) is 2.47. The Morgan fingerprint density at radius 1 is 1.20 bits per heavy atom. The Balaban J connectivity index is 0.00000112. The number of aryl methyl sites for hydroxylation is 1. The van der Waals surface area contributed by atoms with Crippen LogP contribution in [0.1, 0.15) is 26.2 Å². The van der Waals surface area contributed by atoms with Crippen LogP contribution < -0.4 is 33.4 Å². The third-order valence-corrected chi connectivity index (χ3v) is 2.83. The fourth-order valence-corrected chi connectivity index (χ4v) is 2.04. The van der Waals surface area contributed by atoms with Crippen molar-refractivity contribution in [2.45, 2.75) is 32.7 Å². The van der Waals surface area contributed by atoms with Crippen LogP contribution in [0.4, 0.5) is 5.69 Å². The maximum Gasteiger partial charge on any atom is 0.170 e. The minimum atomic E-state index is 0. The Hall–Kier alpha value is -0.320. The van der Waals surface area contributed by atoms with Crippen molar-refractivity contribution in [2.24, 2.45) is 0 Å². The summed E-state index contributed by atoms with van der Waals surface area (Å²) in [6.45, 7) is 5.80. The lowest BCUT2D eigenvalue weighted by Crippen LogP contribution is -3.00. The number of aromatic nitrogens is 1. The van der Waals surface area contributed by atoms with Gasteiger partial charge >= 0.3 is 0 Å². The van der Waals surface area contributed by atoms with E-state index < -0.39 is 0 Å². The molecule has 1 aliphatic rings. The monoisotopic (exact) mass is 318 g/mol. The topological polar surface area (TPSA) is 7.12 Å². The lowest BCUT2D eigenvalue weighted by molar-refractivity contribution is -0.696. The van der Waals surface area contributed by atoms with Gasteiger partial charge in [0.2, 0.25) is 0 Å². The molecule has 15 heavy (non-hydrogen) atoms. The van der Waals surface area contributed by atoms with Crippen molar-refractivity contribution >= 4 is 5.69 Å². The second-order valence-corrected chi connectivity index (χ2v) is 3.99. The molecule has 2 rings (SSSR count). The Bertz CT molecular complexity index is 278. The van der Waals surface area contributed by atoms with Crippen LogP contribution in [0.2, 0.25) is 0 Å². The molecule has 1 aromatic heterocycles. The third kappa shape index (κ3) is 3.33. The highest BCUT2D eigenvalue weighted by Gasteiger charge is 2.12. The normalized spacial score (nSPS) is 15.1. The molecule has 1 saturated heterocycles. The Morgan fingerprint density at radius 3 is 2.33 bits per heavy atom. The predicted molar refractivity (Wildman–Crippen MR) is 58.4 cm³/mol. The van der Waals surface area contributed by atoms with Gasteiger partial charge in [0.25, 0.3) is 0 Å². The summed E-state index contributed by atoms with van der Waals surface area (Å²) in [6, 6.07) is 4.47. The number of hydrogen-bond acceptors (Lipinski definition) is 1. The minimum Gasteiger partial charge on any atom is -1.00 e. The molecule has 3 heteroatoms. The van der Waals surface area contributed by atoms with Crippen LogP contribution in [-0.4, -0.2) is 13.1 Å². The molecule has 0 atom stereocenters. The van der Waals surface area contributed by atoms with Gasteiger partial charge in [-0.05, 0) is 12.8 Å². The third-order valence-electron chi connectivity index (χ3n) is 2.83. The van der Waals surface area contributed by atoms with Crippen LogP contribution in [0.3, 0.4) is 0 Å². The number of pyridine rings is 1. The zero-order chi connectivity index (χ0) is 9.80. The SMILES string of the molecule is CCC[n+]1ccc(N2CCCC2)cc1.[I-]. The van der Waals surface area contributed by atoms with Crippen LogP contribution in [0.15, 0.2) is 24.5 Å². The van der Waals surface area contributed by atoms with E-state index >= 15 is 0 Å². The van der Waals surface area contributed by atoms with Gasteiger partial charge in [-0.1, -0.05) is 6.92 Å². The van der Waals surface area contributed by atoms with Gasteiger partial charge in [0.1, 0.15) is 6.54 Å². The first-order chi connectivity index (χ1) is 6.90. The summed E-state index contributed by atoms with van der Waals surface area (Å²) in [7, 11) is 0. The van der Waals surface area contributed by atoms with E-state index in [2.05, 4.69) is 40.9 Å². The molecule has 0 saturated carbocycles. The van der Waals surface area contributed by atoms with E-state index in [0.29, 0.717) is 0 Å². The number of nitrogens with zero attached hydrogens (tertiary/aromatic N) is 2. The molecule has 84 valence electrons. The molecule has 0 aliphatic carbocycles. The van der Waals surface area contributed by atoms with Gasteiger partial charge < -0.3 is 28.9 Å². The summed E-state index contributed by atoms with van der Waals surface area (Å²) in [6.07, 6.45) is 8.29. The summed E-state index contributed by atoms with van der Waals surface area (Å²) in [5.41, 5.74) is 1.38. The smallest absolute Gasteiger partial charge is 0.170 e. The standard InChI is InChI=1S/C12H19N2.HI/c1-2-7-13-10-5-12(6-11-13)14-8-3-4-9-14;/h5-6,10-11H,2-4,7-9H2,1H3;1H/q+1;/p-1. The summed E-state index contributed by atoms with van der Waals surface area (Å²) < 4.78 is 2.25. The molecule has 0 amide bonds. The molecule has 1 fully saturated rings. The van der Waals surface area contributed by atoms with E-state index in [1.54, 1.807) is 0 Å². The van der Waals surface area contributed by atoms with E-state index in [1.807, 2.05) is 0 Å². The Morgan fingerprint density at radius 2 is 1.80 bits per heavy atom. The quantitative estimate of drug-likeness (QED) is 0.512. The molecule has 0 spiro atoms. The van der Waals surface area contributed by atoms with Crippen molar-refractivity contribution < 1.29 is 28.5 Å². The van der Waals surface area contributed by atoms with Gasteiger partial charge in [-0.25, -0.2) is 4.57 Å². The minimum absolute atomic E-state index is 0. The van der Waals surface area contributed by atoms with Crippen LogP contribution in [0, 0.1) is 0 Å². The van der Waals surface area contributed by atoms with Crippen molar-refractivity contribution in [3.8, 4) is 0 Å². The van der Waals surface area contributed by atoms with Crippen LogP contribution >= 0.6 is 0 Å². The average Bonchev–Trinajstić information content (AvgIpc) is 2.72. The number of anilines is 1. The first kappa shape index (κ1) is 12.7. The van der Waals surface area contributed by atoms with Crippen molar-refractivity contribution in [3.05, 3.63) is 24.5 Å². The van der Waals surface area contributed by atoms with Crippen LogP contribution in [0.25, 0.3) is 0 Å². The maximum absolute atomic E-state index is 2.47. The zero-order valence-corrected chi connectivity index (χ0v) is 11.5. The van der Waals surface area contributed by atoms with Crippen molar-refractivity contribution in [1.29, 1.82) is 0 Å². The molecule has 0 unspecified atom stereocenters. The van der Waals surface area contributed by atoms with Gasteiger partial charge in [0, 0.05) is 37.3 Å². The molecule has 1 aromatic rings. The van der Waals surface area contributed by atoms with E-state index in [-0.39, 0.29) is 24.0 Å². The molecule has 1 aliphatic heterocycles. The van der Waals surface area contributed by atoms with Gasteiger partial charge in [0.15, 0.2) is 12.4 Å². The van der Waals surface area contributed by atoms with Gasteiger partial charge in [-0.2, -0.15) is 0 Å². The van der Waals surface area contributed by atoms with E-state index in [1.165, 1.54) is 38.0 Å². The highest BCUT2D eigenvalue weighted by atomic mass is 127. The van der Waals surface area contributed by atoms with Gasteiger partial charge in [-0.3, -0.25) is 0 Å². The van der Waals surface area contributed by atoms with Crippen molar-refractivity contribution in [1.82, 2.24) is 0 Å². The number of rotatable bonds is 3. The lowest BCUT2D eigenvalue weighted by atomic mass is 10.3. The fraction of sp³-hybridized carbons (Fsp3) is 0.583. The van der Waals surface area contributed by atoms with Gasteiger partial charge in [-0.15, -0.1) is 0 Å². The van der Waals surface area contributed by atoms with Crippen molar-refractivity contribution in [2.75, 3.05) is 18.0 Å². The Labute approximate surface area is 109 Å². The van der Waals surface area contributed by atoms with Crippen LogP contribution in [-0.2, 0) is 6.54 Å². The average molecular weight is 318 g/mol. The predicted octanol–water partition coefficient (Wildman–Crippen LogP) is -1.01. The molecule has 0 N–H and O–H groups in total. The second kappa shape index (κ2) is 6.30. The number of hydrogen-bond donors (Lipinski definition) is 0. The number of halogens is 1. The first-order valence-electron chi connectivity index (χ1n) is 5.64. The molecule has 2 nitrogen and oxygen atoms in total. The van der Waals surface area contributed by atoms with E-state index in [0.717, 1.165) is 6.54 Å². The van der Waals surface area contributed by atoms with Crippen molar-refractivity contribution in [3.63, 3.8) is 0 Å². The summed E-state index contributed by atoms with van der Waals surface area (Å²) in [5.74, 6) is 0. The van der Waals surface area contributed by atoms with Crippen LogP contribution in [0.5, 0.6) is 0 Å². The zero-order valence-electron chi connectivity index (χ0n) is 9.32. The summed E-state index contributed by atoms with van der Waals surface area (Å²) in [5, 5.41) is 0. The molecule has 0 aromatic carbocycles. The molecule has 0 radical (unpaired) electrons. The van der Waals surface area contributed by atoms with Gasteiger partial charge in [0.05, 0.1) is 0 Å². The van der Waals surface area contributed by atoms with E-state index in [9.17, 15) is 0 Å². The first-order valence-corrected chi connectivity index (χ1v) is 5.64. The second-order valence-electron chi connectivity index (χ2n) is 3.99. The lowest BCUT2D eigenvalue weighted by Gasteiger charge is -2.16. The Kier molecular flexibility index (Phi) is 5.36. The largest absolute Gasteiger partial charge is 1.00 e. The molecular weight excluding hydrogens is 299 g/mol. The summed E-state index contributed by atoms with van der Waals surface area (Å²) >= 11 is 0. The molecule has 0 bridgehead atoms. The highest BCUT2D eigenvalue weighted by Crippen LogP contribution is 2.17. The molecule has 2 heterocycles. The highest BCUT2D eigenvalue weighted by molar-refractivity contribution is 5.44. The fourth-order valence-electron chi connectivity index (χ4n) is 2.04. The van der Waals surface area contributed by atoms with E-state index in [4.69, 9.17) is 0 Å². The maximum atomic E-state index is 2.47.